The molecule has 2 heterocycles. The molecule has 1 fully saturated rings. The van der Waals surface area contributed by atoms with Crippen molar-refractivity contribution < 1.29 is 14.3 Å². The molecule has 0 aliphatic carbocycles. The Morgan fingerprint density at radius 2 is 2.39 bits per heavy atom. The van der Waals surface area contributed by atoms with Crippen LogP contribution in [0.4, 0.5) is 9.52 Å². The lowest BCUT2D eigenvalue weighted by Gasteiger charge is -2.12. The number of carboxylic acid groups (broad SMARTS) is 1. The van der Waals surface area contributed by atoms with E-state index in [0.29, 0.717) is 34.9 Å². The van der Waals surface area contributed by atoms with E-state index in [1.807, 2.05) is 4.90 Å². The number of hydrogen-bond donors (Lipinski definition) is 1. The molecule has 0 saturated carbocycles. The fraction of sp³-hybridized carbons (Fsp3) is 0.333. The van der Waals surface area contributed by atoms with Crippen molar-refractivity contribution in [2.24, 2.45) is 5.92 Å². The summed E-state index contributed by atoms with van der Waals surface area (Å²) in [6.45, 7) is 1.12. The van der Waals surface area contributed by atoms with E-state index in [4.69, 9.17) is 5.11 Å². The number of benzene rings is 1. The SMILES string of the molecule is O=C(O)C1CCN(c2nc3cccc(F)c3s2)C1. The average molecular weight is 266 g/mol. The van der Waals surface area contributed by atoms with Crippen molar-refractivity contribution in [3.8, 4) is 0 Å². The van der Waals surface area contributed by atoms with Gasteiger partial charge in [0, 0.05) is 13.1 Å². The second-order valence-electron chi connectivity index (χ2n) is 4.35. The predicted molar refractivity (Wildman–Crippen MR) is 67.5 cm³/mol. The van der Waals surface area contributed by atoms with Gasteiger partial charge in [0.05, 0.1) is 16.1 Å². The van der Waals surface area contributed by atoms with E-state index < -0.39 is 5.97 Å². The van der Waals surface area contributed by atoms with Gasteiger partial charge in [-0.1, -0.05) is 17.4 Å². The monoisotopic (exact) mass is 266 g/mol. The Morgan fingerprint density at radius 1 is 1.56 bits per heavy atom. The Kier molecular flexibility index (Phi) is 2.66. The van der Waals surface area contributed by atoms with Gasteiger partial charge >= 0.3 is 5.97 Å². The molecule has 1 atom stereocenters. The lowest BCUT2D eigenvalue weighted by atomic mass is 10.1. The molecule has 0 spiro atoms. The molecular formula is C12H11FN2O2S. The van der Waals surface area contributed by atoms with E-state index >= 15 is 0 Å². The predicted octanol–water partition coefficient (Wildman–Crippen LogP) is 2.35. The number of carbonyl (C=O) groups is 1. The summed E-state index contributed by atoms with van der Waals surface area (Å²) in [5.41, 5.74) is 0.633. The summed E-state index contributed by atoms with van der Waals surface area (Å²) in [5, 5.41) is 9.67. The first kappa shape index (κ1) is 11.4. The van der Waals surface area contributed by atoms with Crippen LogP contribution in [-0.4, -0.2) is 29.1 Å². The molecule has 18 heavy (non-hydrogen) atoms. The van der Waals surface area contributed by atoms with Gasteiger partial charge in [-0.25, -0.2) is 9.37 Å². The summed E-state index contributed by atoms with van der Waals surface area (Å²) in [5.74, 6) is -1.39. The van der Waals surface area contributed by atoms with Crippen LogP contribution < -0.4 is 4.90 Å². The molecule has 1 aromatic carbocycles. The largest absolute Gasteiger partial charge is 0.481 e. The summed E-state index contributed by atoms with van der Waals surface area (Å²) in [6, 6.07) is 4.81. The fourth-order valence-electron chi connectivity index (χ4n) is 2.17. The molecule has 1 N–H and O–H groups in total. The van der Waals surface area contributed by atoms with E-state index in [1.165, 1.54) is 17.4 Å². The number of hydrogen-bond acceptors (Lipinski definition) is 4. The van der Waals surface area contributed by atoms with Crippen molar-refractivity contribution in [1.29, 1.82) is 0 Å². The molecule has 1 aliphatic rings. The molecule has 0 bridgehead atoms. The molecule has 3 rings (SSSR count). The summed E-state index contributed by atoms with van der Waals surface area (Å²) < 4.78 is 14.1. The van der Waals surface area contributed by atoms with Crippen LogP contribution in [0.15, 0.2) is 18.2 Å². The minimum atomic E-state index is -0.773. The minimum Gasteiger partial charge on any atom is -0.481 e. The normalized spacial score (nSPS) is 19.6. The zero-order valence-corrected chi connectivity index (χ0v) is 10.3. The number of fused-ring (bicyclic) bond motifs is 1. The highest BCUT2D eigenvalue weighted by molar-refractivity contribution is 7.22. The second kappa shape index (κ2) is 4.20. The zero-order chi connectivity index (χ0) is 12.7. The maximum absolute atomic E-state index is 13.5. The third kappa shape index (κ3) is 1.82. The van der Waals surface area contributed by atoms with Crippen molar-refractivity contribution in [3.63, 3.8) is 0 Å². The summed E-state index contributed by atoms with van der Waals surface area (Å²) in [7, 11) is 0. The Labute approximate surface area is 107 Å². The van der Waals surface area contributed by atoms with Gasteiger partial charge in [-0.15, -0.1) is 0 Å². The topological polar surface area (TPSA) is 53.4 Å². The van der Waals surface area contributed by atoms with E-state index in [2.05, 4.69) is 4.98 Å². The maximum atomic E-state index is 13.5. The Morgan fingerprint density at radius 3 is 3.06 bits per heavy atom. The summed E-state index contributed by atoms with van der Waals surface area (Å²) in [6.07, 6.45) is 0.619. The van der Waals surface area contributed by atoms with Gasteiger partial charge in [0.25, 0.3) is 0 Å². The van der Waals surface area contributed by atoms with Gasteiger partial charge in [-0.05, 0) is 18.6 Å². The van der Waals surface area contributed by atoms with Crippen LogP contribution in [0.25, 0.3) is 10.2 Å². The van der Waals surface area contributed by atoms with Crippen molar-refractivity contribution in [1.82, 2.24) is 4.98 Å². The number of carboxylic acids is 1. The Balaban J connectivity index is 1.92. The first-order chi connectivity index (χ1) is 8.65. The highest BCUT2D eigenvalue weighted by Crippen LogP contribution is 2.33. The fourth-order valence-corrected chi connectivity index (χ4v) is 3.18. The Hall–Kier alpha value is -1.69. The lowest BCUT2D eigenvalue weighted by molar-refractivity contribution is -0.140. The van der Waals surface area contributed by atoms with Crippen LogP contribution in [0.3, 0.4) is 0 Å². The Bertz CT molecular complexity index is 613. The maximum Gasteiger partial charge on any atom is 0.308 e. The molecule has 2 aromatic rings. The molecule has 1 unspecified atom stereocenters. The highest BCUT2D eigenvalue weighted by Gasteiger charge is 2.29. The standard InChI is InChI=1S/C12H11FN2O2S/c13-8-2-1-3-9-10(8)18-12(14-9)15-5-4-7(6-15)11(16)17/h1-3,7H,4-6H2,(H,16,17). The van der Waals surface area contributed by atoms with E-state index in [0.717, 1.165) is 0 Å². The van der Waals surface area contributed by atoms with Crippen LogP contribution >= 0.6 is 11.3 Å². The molecule has 1 aliphatic heterocycles. The number of anilines is 1. The third-order valence-electron chi connectivity index (χ3n) is 3.16. The van der Waals surface area contributed by atoms with Crippen LogP contribution in [0, 0.1) is 11.7 Å². The molecule has 6 heteroatoms. The second-order valence-corrected chi connectivity index (χ2v) is 5.33. The summed E-state index contributed by atoms with van der Waals surface area (Å²) in [4.78, 5) is 17.2. The van der Waals surface area contributed by atoms with Gasteiger partial charge in [-0.2, -0.15) is 0 Å². The number of rotatable bonds is 2. The molecular weight excluding hydrogens is 255 g/mol. The first-order valence-corrected chi connectivity index (χ1v) is 6.49. The third-order valence-corrected chi connectivity index (χ3v) is 4.30. The number of nitrogens with zero attached hydrogens (tertiary/aromatic N) is 2. The van der Waals surface area contributed by atoms with E-state index in [-0.39, 0.29) is 11.7 Å². The van der Waals surface area contributed by atoms with E-state index in [1.54, 1.807) is 12.1 Å². The van der Waals surface area contributed by atoms with Crippen molar-refractivity contribution in [2.75, 3.05) is 18.0 Å². The first-order valence-electron chi connectivity index (χ1n) is 5.68. The quantitative estimate of drug-likeness (QED) is 0.906. The van der Waals surface area contributed by atoms with Gasteiger partial charge in [0.2, 0.25) is 0 Å². The minimum absolute atomic E-state index is 0.273. The van der Waals surface area contributed by atoms with Crippen LogP contribution in [0.1, 0.15) is 6.42 Å². The molecule has 94 valence electrons. The van der Waals surface area contributed by atoms with Gasteiger partial charge in [0.1, 0.15) is 5.82 Å². The lowest BCUT2D eigenvalue weighted by Crippen LogP contribution is -2.22. The number of halogens is 1. The van der Waals surface area contributed by atoms with E-state index in [9.17, 15) is 9.18 Å². The zero-order valence-electron chi connectivity index (χ0n) is 9.47. The molecule has 4 nitrogen and oxygen atoms in total. The molecule has 0 amide bonds. The molecule has 1 aromatic heterocycles. The van der Waals surface area contributed by atoms with Gasteiger partial charge in [0.15, 0.2) is 5.13 Å². The molecule has 1 saturated heterocycles. The van der Waals surface area contributed by atoms with Crippen LogP contribution in [0.5, 0.6) is 0 Å². The molecule has 0 radical (unpaired) electrons. The highest BCUT2D eigenvalue weighted by atomic mass is 32.1. The number of thiazole rings is 1. The van der Waals surface area contributed by atoms with Crippen molar-refractivity contribution in [3.05, 3.63) is 24.0 Å². The van der Waals surface area contributed by atoms with Crippen LogP contribution in [0.2, 0.25) is 0 Å². The average Bonchev–Trinajstić information content (AvgIpc) is 2.95. The van der Waals surface area contributed by atoms with Crippen molar-refractivity contribution in [2.45, 2.75) is 6.42 Å². The summed E-state index contributed by atoms with van der Waals surface area (Å²) >= 11 is 1.28. The van der Waals surface area contributed by atoms with Crippen LogP contribution in [-0.2, 0) is 4.79 Å². The number of aromatic nitrogens is 1. The number of aliphatic carboxylic acids is 1. The smallest absolute Gasteiger partial charge is 0.308 e. The van der Waals surface area contributed by atoms with Gasteiger partial charge < -0.3 is 10.0 Å². The van der Waals surface area contributed by atoms with Crippen molar-refractivity contribution >= 4 is 32.7 Å². The van der Waals surface area contributed by atoms with Gasteiger partial charge in [-0.3, -0.25) is 4.79 Å².